The van der Waals surface area contributed by atoms with Crippen molar-refractivity contribution >= 4 is 11.9 Å². The molecule has 0 radical (unpaired) electrons. The Morgan fingerprint density at radius 3 is 2.42 bits per heavy atom. The zero-order chi connectivity index (χ0) is 14.3. The fraction of sp³-hybridized carbons (Fsp3) is 0.857. The van der Waals surface area contributed by atoms with Crippen molar-refractivity contribution in [2.45, 2.75) is 58.0 Å². The fourth-order valence-corrected chi connectivity index (χ4v) is 2.69. The fourth-order valence-electron chi connectivity index (χ4n) is 2.69. The molecule has 1 saturated carbocycles. The van der Waals surface area contributed by atoms with Crippen LogP contribution in [0.1, 0.15) is 46.0 Å². The number of esters is 1. The van der Waals surface area contributed by atoms with Gasteiger partial charge in [0.25, 0.3) is 0 Å². The molecule has 0 spiro atoms. The minimum atomic E-state index is -0.603. The third-order valence-electron chi connectivity index (χ3n) is 3.86. The molecular formula is C14H26N2O3. The van der Waals surface area contributed by atoms with Gasteiger partial charge in [-0.3, -0.25) is 4.79 Å². The molecule has 0 saturated heterocycles. The van der Waals surface area contributed by atoms with Gasteiger partial charge in [0.1, 0.15) is 6.04 Å². The first kappa shape index (κ1) is 16.0. The Bertz CT molecular complexity index is 301. The average molecular weight is 270 g/mol. The first-order valence-electron chi connectivity index (χ1n) is 7.13. The summed E-state index contributed by atoms with van der Waals surface area (Å²) < 4.78 is 4.70. The molecule has 0 aromatic carbocycles. The standard InChI is InChI=1S/C14H26N2O3/c1-10(12-7-5-4-6-8-12)15-9-13(14(18)19-3)16-11(2)17/h10,12-13,15H,4-9H2,1-3H3,(H,16,17)/t10-,13?/m1/s1. The summed E-state index contributed by atoms with van der Waals surface area (Å²) in [5, 5.41) is 5.97. The molecule has 1 fully saturated rings. The molecule has 110 valence electrons. The lowest BCUT2D eigenvalue weighted by molar-refractivity contribution is -0.144. The molecule has 2 atom stereocenters. The van der Waals surface area contributed by atoms with Crippen LogP contribution in [-0.2, 0) is 14.3 Å². The van der Waals surface area contributed by atoms with E-state index in [2.05, 4.69) is 17.6 Å². The number of carbonyl (C=O) groups is 2. The zero-order valence-electron chi connectivity index (χ0n) is 12.2. The predicted octanol–water partition coefficient (Wildman–Crippen LogP) is 1.22. The molecule has 1 aliphatic rings. The van der Waals surface area contributed by atoms with Gasteiger partial charge in [0.2, 0.25) is 5.91 Å². The monoisotopic (exact) mass is 270 g/mol. The molecule has 5 heteroatoms. The molecule has 1 rings (SSSR count). The highest BCUT2D eigenvalue weighted by atomic mass is 16.5. The van der Waals surface area contributed by atoms with Crippen LogP contribution in [0.3, 0.4) is 0 Å². The molecule has 1 aliphatic carbocycles. The molecule has 0 aromatic heterocycles. The smallest absolute Gasteiger partial charge is 0.329 e. The van der Waals surface area contributed by atoms with Gasteiger partial charge in [-0.25, -0.2) is 4.79 Å². The van der Waals surface area contributed by atoms with Crippen LogP contribution < -0.4 is 10.6 Å². The minimum Gasteiger partial charge on any atom is -0.467 e. The topological polar surface area (TPSA) is 67.4 Å². The predicted molar refractivity (Wildman–Crippen MR) is 73.7 cm³/mol. The highest BCUT2D eigenvalue weighted by Gasteiger charge is 2.24. The summed E-state index contributed by atoms with van der Waals surface area (Å²) in [6.07, 6.45) is 6.42. The molecule has 1 amide bonds. The maximum Gasteiger partial charge on any atom is 0.329 e. The second-order valence-electron chi connectivity index (χ2n) is 5.37. The molecular weight excluding hydrogens is 244 g/mol. The van der Waals surface area contributed by atoms with Gasteiger partial charge in [0.15, 0.2) is 0 Å². The molecule has 0 bridgehead atoms. The molecule has 19 heavy (non-hydrogen) atoms. The number of hydrogen-bond acceptors (Lipinski definition) is 4. The van der Waals surface area contributed by atoms with E-state index >= 15 is 0 Å². The van der Waals surface area contributed by atoms with Gasteiger partial charge in [-0.1, -0.05) is 19.3 Å². The van der Waals surface area contributed by atoms with Gasteiger partial charge >= 0.3 is 5.97 Å². The highest BCUT2D eigenvalue weighted by molar-refractivity contribution is 5.83. The first-order valence-corrected chi connectivity index (χ1v) is 7.13. The van der Waals surface area contributed by atoms with E-state index in [4.69, 9.17) is 4.74 Å². The van der Waals surface area contributed by atoms with Crippen molar-refractivity contribution in [1.29, 1.82) is 0 Å². The normalized spacial score (nSPS) is 19.5. The highest BCUT2D eigenvalue weighted by Crippen LogP contribution is 2.26. The maximum atomic E-state index is 11.6. The van der Waals surface area contributed by atoms with E-state index in [0.717, 1.165) is 0 Å². The SMILES string of the molecule is COC(=O)C(CN[C@H](C)C1CCCCC1)NC(C)=O. The molecule has 2 N–H and O–H groups in total. The summed E-state index contributed by atoms with van der Waals surface area (Å²) in [5.74, 6) is 0.0467. The third-order valence-corrected chi connectivity index (χ3v) is 3.86. The van der Waals surface area contributed by atoms with Gasteiger partial charge in [-0.2, -0.15) is 0 Å². The Morgan fingerprint density at radius 1 is 1.26 bits per heavy atom. The second kappa shape index (κ2) is 8.15. The van der Waals surface area contributed by atoms with Gasteiger partial charge in [-0.15, -0.1) is 0 Å². The minimum absolute atomic E-state index is 0.220. The van der Waals surface area contributed by atoms with Crippen molar-refractivity contribution in [2.24, 2.45) is 5.92 Å². The number of carbonyl (C=O) groups excluding carboxylic acids is 2. The van der Waals surface area contributed by atoms with Crippen molar-refractivity contribution in [2.75, 3.05) is 13.7 Å². The maximum absolute atomic E-state index is 11.6. The second-order valence-corrected chi connectivity index (χ2v) is 5.37. The van der Waals surface area contributed by atoms with Crippen LogP contribution in [0.2, 0.25) is 0 Å². The Labute approximate surface area is 115 Å². The first-order chi connectivity index (χ1) is 9.04. The largest absolute Gasteiger partial charge is 0.467 e. The quantitative estimate of drug-likeness (QED) is 0.712. The lowest BCUT2D eigenvalue weighted by atomic mass is 9.84. The van der Waals surface area contributed by atoms with Crippen molar-refractivity contribution in [3.8, 4) is 0 Å². The summed E-state index contributed by atoms with van der Waals surface area (Å²) in [7, 11) is 1.34. The Balaban J connectivity index is 2.41. The summed E-state index contributed by atoms with van der Waals surface area (Å²) in [6.45, 7) is 3.97. The molecule has 0 heterocycles. The van der Waals surface area contributed by atoms with E-state index in [0.29, 0.717) is 18.5 Å². The Morgan fingerprint density at radius 2 is 1.89 bits per heavy atom. The van der Waals surface area contributed by atoms with Crippen molar-refractivity contribution < 1.29 is 14.3 Å². The number of rotatable bonds is 6. The van der Waals surface area contributed by atoms with Crippen LogP contribution >= 0.6 is 0 Å². The lowest BCUT2D eigenvalue weighted by Gasteiger charge is -2.29. The van der Waals surface area contributed by atoms with Crippen LogP contribution in [0, 0.1) is 5.92 Å². The lowest BCUT2D eigenvalue weighted by Crippen LogP contribution is -2.50. The van der Waals surface area contributed by atoms with E-state index in [1.807, 2.05) is 0 Å². The number of nitrogens with one attached hydrogen (secondary N) is 2. The number of ether oxygens (including phenoxy) is 1. The van der Waals surface area contributed by atoms with Crippen molar-refractivity contribution in [1.82, 2.24) is 10.6 Å². The summed E-state index contributed by atoms with van der Waals surface area (Å²) in [5.41, 5.74) is 0. The van der Waals surface area contributed by atoms with Crippen LogP contribution in [0.4, 0.5) is 0 Å². The van der Waals surface area contributed by atoms with Gasteiger partial charge in [0.05, 0.1) is 7.11 Å². The van der Waals surface area contributed by atoms with Gasteiger partial charge < -0.3 is 15.4 Å². The number of hydrogen-bond donors (Lipinski definition) is 2. The van der Waals surface area contributed by atoms with E-state index in [1.165, 1.54) is 46.1 Å². The van der Waals surface area contributed by atoms with Crippen LogP contribution in [0.25, 0.3) is 0 Å². The summed E-state index contributed by atoms with van der Waals surface area (Å²) in [4.78, 5) is 22.6. The van der Waals surface area contributed by atoms with Crippen LogP contribution in [0.5, 0.6) is 0 Å². The summed E-state index contributed by atoms with van der Waals surface area (Å²) >= 11 is 0. The van der Waals surface area contributed by atoms with Crippen molar-refractivity contribution in [3.63, 3.8) is 0 Å². The van der Waals surface area contributed by atoms with E-state index in [1.54, 1.807) is 0 Å². The molecule has 0 aromatic rings. The summed E-state index contributed by atoms with van der Waals surface area (Å²) in [6, 6.07) is -0.241. The number of methoxy groups -OCH3 is 1. The molecule has 5 nitrogen and oxygen atoms in total. The van der Waals surface area contributed by atoms with E-state index in [-0.39, 0.29) is 5.91 Å². The van der Waals surface area contributed by atoms with Crippen LogP contribution in [0.15, 0.2) is 0 Å². The zero-order valence-corrected chi connectivity index (χ0v) is 12.2. The molecule has 1 unspecified atom stereocenters. The van der Waals surface area contributed by atoms with Crippen molar-refractivity contribution in [3.05, 3.63) is 0 Å². The molecule has 0 aliphatic heterocycles. The average Bonchev–Trinajstić information content (AvgIpc) is 2.42. The Hall–Kier alpha value is -1.10. The van der Waals surface area contributed by atoms with E-state index in [9.17, 15) is 9.59 Å². The van der Waals surface area contributed by atoms with Gasteiger partial charge in [0, 0.05) is 19.5 Å². The Kier molecular flexibility index (Phi) is 6.84. The third kappa shape index (κ3) is 5.59. The van der Waals surface area contributed by atoms with Crippen LogP contribution in [-0.4, -0.2) is 37.6 Å². The van der Waals surface area contributed by atoms with E-state index < -0.39 is 12.0 Å². The van der Waals surface area contributed by atoms with Gasteiger partial charge in [-0.05, 0) is 25.7 Å². The number of amides is 1.